The van der Waals surface area contributed by atoms with E-state index in [9.17, 15) is 9.59 Å². The number of carbonyl (C=O) groups is 2. The number of anilines is 2. The van der Waals surface area contributed by atoms with Crippen molar-refractivity contribution in [2.45, 2.75) is 40.0 Å². The molecule has 4 heteroatoms. The first kappa shape index (κ1) is 18.7. The zero-order valence-corrected chi connectivity index (χ0v) is 15.1. The summed E-state index contributed by atoms with van der Waals surface area (Å²) in [6, 6.07) is 14.8. The molecule has 2 aromatic carbocycles. The lowest BCUT2D eigenvalue weighted by molar-refractivity contribution is -0.120. The van der Waals surface area contributed by atoms with E-state index in [0.29, 0.717) is 11.3 Å². The molecule has 0 spiro atoms. The van der Waals surface area contributed by atoms with Gasteiger partial charge in [-0.25, -0.2) is 0 Å². The molecule has 0 unspecified atom stereocenters. The lowest BCUT2D eigenvalue weighted by atomic mass is 10.0. The van der Waals surface area contributed by atoms with Gasteiger partial charge in [-0.05, 0) is 55.2 Å². The highest BCUT2D eigenvalue weighted by atomic mass is 16.2. The van der Waals surface area contributed by atoms with Gasteiger partial charge in [0.2, 0.25) is 5.91 Å². The van der Waals surface area contributed by atoms with Crippen LogP contribution in [0.4, 0.5) is 11.4 Å². The molecule has 0 aliphatic heterocycles. The molecule has 0 saturated carbocycles. The molecule has 0 aliphatic carbocycles. The van der Waals surface area contributed by atoms with Gasteiger partial charge in [0.15, 0.2) is 0 Å². The highest BCUT2D eigenvalue weighted by molar-refractivity contribution is 6.05. The van der Waals surface area contributed by atoms with Crippen LogP contribution in [0.5, 0.6) is 0 Å². The maximum atomic E-state index is 12.4. The lowest BCUT2D eigenvalue weighted by Gasteiger charge is -2.13. The van der Waals surface area contributed by atoms with Crippen LogP contribution in [-0.4, -0.2) is 11.8 Å². The zero-order valence-electron chi connectivity index (χ0n) is 15.1. The third-order valence-electron chi connectivity index (χ3n) is 4.42. The monoisotopic (exact) mass is 338 g/mol. The number of hydrogen-bond donors (Lipinski definition) is 2. The van der Waals surface area contributed by atoms with Gasteiger partial charge >= 0.3 is 0 Å². The van der Waals surface area contributed by atoms with Crippen molar-refractivity contribution < 1.29 is 9.59 Å². The van der Waals surface area contributed by atoms with Gasteiger partial charge in [0, 0.05) is 22.9 Å². The molecule has 0 radical (unpaired) electrons. The Kier molecular flexibility index (Phi) is 6.75. The number of hydrogen-bond acceptors (Lipinski definition) is 2. The Morgan fingerprint density at radius 3 is 2.12 bits per heavy atom. The van der Waals surface area contributed by atoms with Crippen molar-refractivity contribution in [3.05, 3.63) is 59.7 Å². The summed E-state index contributed by atoms with van der Waals surface area (Å²) in [5.74, 6) is -0.105. The van der Waals surface area contributed by atoms with Crippen molar-refractivity contribution in [2.24, 2.45) is 5.92 Å². The standard InChI is InChI=1S/C21H26N2O2/c1-4-15(5-2)20(24)22-18-13-11-17(12-14-18)21(25)23-19-10-8-7-9-16(19)6-3/h7-15H,4-6H2,1-3H3,(H,22,24)(H,23,25). The Bertz CT molecular complexity index is 719. The molecule has 2 rings (SSSR count). The molecule has 2 amide bonds. The first-order chi connectivity index (χ1) is 12.1. The highest BCUT2D eigenvalue weighted by Crippen LogP contribution is 2.18. The van der Waals surface area contributed by atoms with E-state index < -0.39 is 0 Å². The first-order valence-corrected chi connectivity index (χ1v) is 8.89. The van der Waals surface area contributed by atoms with Crippen LogP contribution in [0.25, 0.3) is 0 Å². The number of para-hydroxylation sites is 1. The number of aryl methyl sites for hydroxylation is 1. The van der Waals surface area contributed by atoms with Crippen LogP contribution < -0.4 is 10.6 Å². The molecule has 0 fully saturated rings. The molecule has 132 valence electrons. The number of nitrogens with one attached hydrogen (secondary N) is 2. The van der Waals surface area contributed by atoms with Gasteiger partial charge in [-0.2, -0.15) is 0 Å². The molecule has 2 aromatic rings. The molecule has 0 bridgehead atoms. The molecule has 0 aliphatic rings. The van der Waals surface area contributed by atoms with Gasteiger partial charge in [-0.1, -0.05) is 39.0 Å². The van der Waals surface area contributed by atoms with Gasteiger partial charge in [0.05, 0.1) is 0 Å². The molecule has 0 heterocycles. The smallest absolute Gasteiger partial charge is 0.255 e. The summed E-state index contributed by atoms with van der Waals surface area (Å²) in [6.45, 7) is 6.08. The normalized spacial score (nSPS) is 10.6. The molecule has 4 nitrogen and oxygen atoms in total. The predicted octanol–water partition coefficient (Wildman–Crippen LogP) is 4.88. The zero-order chi connectivity index (χ0) is 18.2. The summed E-state index contributed by atoms with van der Waals surface area (Å²) in [7, 11) is 0. The Hall–Kier alpha value is -2.62. The van der Waals surface area contributed by atoms with Crippen molar-refractivity contribution in [3.8, 4) is 0 Å². The SMILES string of the molecule is CCc1ccccc1NC(=O)c1ccc(NC(=O)C(CC)CC)cc1. The van der Waals surface area contributed by atoms with Crippen LogP contribution in [0, 0.1) is 5.92 Å². The lowest BCUT2D eigenvalue weighted by Crippen LogP contribution is -2.21. The Morgan fingerprint density at radius 2 is 1.52 bits per heavy atom. The molecule has 0 saturated heterocycles. The molecule has 0 aromatic heterocycles. The van der Waals surface area contributed by atoms with E-state index in [1.807, 2.05) is 38.1 Å². The van der Waals surface area contributed by atoms with Crippen molar-refractivity contribution >= 4 is 23.2 Å². The van der Waals surface area contributed by atoms with Crippen LogP contribution in [0.3, 0.4) is 0 Å². The third-order valence-corrected chi connectivity index (χ3v) is 4.42. The summed E-state index contributed by atoms with van der Waals surface area (Å²) in [4.78, 5) is 24.5. The fourth-order valence-corrected chi connectivity index (χ4v) is 2.75. The van der Waals surface area contributed by atoms with Gasteiger partial charge in [0.1, 0.15) is 0 Å². The van der Waals surface area contributed by atoms with E-state index in [1.165, 1.54) is 0 Å². The number of benzene rings is 2. The fraction of sp³-hybridized carbons (Fsp3) is 0.333. The molecule has 2 N–H and O–H groups in total. The first-order valence-electron chi connectivity index (χ1n) is 8.89. The third kappa shape index (κ3) is 4.92. The molecular formula is C21H26N2O2. The maximum Gasteiger partial charge on any atom is 0.255 e. The quantitative estimate of drug-likeness (QED) is 0.756. The molecule has 0 atom stereocenters. The van der Waals surface area contributed by atoms with E-state index in [1.54, 1.807) is 24.3 Å². The second kappa shape index (κ2) is 9.02. The summed E-state index contributed by atoms with van der Waals surface area (Å²) in [5, 5.41) is 5.86. The van der Waals surface area contributed by atoms with Crippen molar-refractivity contribution in [1.82, 2.24) is 0 Å². The number of amides is 2. The van der Waals surface area contributed by atoms with Gasteiger partial charge < -0.3 is 10.6 Å². The molecular weight excluding hydrogens is 312 g/mol. The van der Waals surface area contributed by atoms with Crippen molar-refractivity contribution in [3.63, 3.8) is 0 Å². The maximum absolute atomic E-state index is 12.4. The van der Waals surface area contributed by atoms with E-state index in [4.69, 9.17) is 0 Å². The number of rotatable bonds is 7. The predicted molar refractivity (Wildman–Crippen MR) is 103 cm³/mol. The number of carbonyl (C=O) groups excluding carboxylic acids is 2. The molecule has 25 heavy (non-hydrogen) atoms. The van der Waals surface area contributed by atoms with Crippen LogP contribution in [-0.2, 0) is 11.2 Å². The minimum Gasteiger partial charge on any atom is -0.326 e. The summed E-state index contributed by atoms with van der Waals surface area (Å²) in [6.07, 6.45) is 2.50. The summed E-state index contributed by atoms with van der Waals surface area (Å²) in [5.41, 5.74) is 3.21. The second-order valence-electron chi connectivity index (χ2n) is 6.04. The van der Waals surface area contributed by atoms with Crippen LogP contribution in [0.1, 0.15) is 49.5 Å². The van der Waals surface area contributed by atoms with Crippen LogP contribution >= 0.6 is 0 Å². The minimum atomic E-state index is -0.154. The largest absolute Gasteiger partial charge is 0.326 e. The fourth-order valence-electron chi connectivity index (χ4n) is 2.75. The summed E-state index contributed by atoms with van der Waals surface area (Å²) >= 11 is 0. The van der Waals surface area contributed by atoms with E-state index in [2.05, 4.69) is 17.6 Å². The van der Waals surface area contributed by atoms with Crippen LogP contribution in [0.15, 0.2) is 48.5 Å². The Labute approximate surface area is 149 Å². The van der Waals surface area contributed by atoms with Gasteiger partial charge in [-0.15, -0.1) is 0 Å². The second-order valence-corrected chi connectivity index (χ2v) is 6.04. The van der Waals surface area contributed by atoms with E-state index >= 15 is 0 Å². The highest BCUT2D eigenvalue weighted by Gasteiger charge is 2.14. The van der Waals surface area contributed by atoms with E-state index in [-0.39, 0.29) is 17.7 Å². The van der Waals surface area contributed by atoms with Gasteiger partial charge in [0.25, 0.3) is 5.91 Å². The topological polar surface area (TPSA) is 58.2 Å². The Balaban J connectivity index is 2.04. The Morgan fingerprint density at radius 1 is 0.880 bits per heavy atom. The average molecular weight is 338 g/mol. The van der Waals surface area contributed by atoms with E-state index in [0.717, 1.165) is 30.5 Å². The minimum absolute atomic E-state index is 0.0218. The van der Waals surface area contributed by atoms with Crippen molar-refractivity contribution in [2.75, 3.05) is 10.6 Å². The van der Waals surface area contributed by atoms with Gasteiger partial charge in [-0.3, -0.25) is 9.59 Å². The van der Waals surface area contributed by atoms with Crippen LogP contribution in [0.2, 0.25) is 0 Å². The van der Waals surface area contributed by atoms with Crippen molar-refractivity contribution in [1.29, 1.82) is 0 Å². The average Bonchev–Trinajstić information content (AvgIpc) is 2.63. The summed E-state index contributed by atoms with van der Waals surface area (Å²) < 4.78 is 0.